The van der Waals surface area contributed by atoms with Crippen LogP contribution in [0.15, 0.2) is 42.5 Å². The summed E-state index contributed by atoms with van der Waals surface area (Å²) in [7, 11) is 0. The molecule has 0 spiro atoms. The van der Waals surface area contributed by atoms with Gasteiger partial charge in [0.1, 0.15) is 0 Å². The van der Waals surface area contributed by atoms with Gasteiger partial charge in [-0.3, -0.25) is 0 Å². The molecule has 0 aliphatic carbocycles. The summed E-state index contributed by atoms with van der Waals surface area (Å²) in [5.74, 6) is 0. The molecule has 3 heteroatoms. The van der Waals surface area contributed by atoms with Crippen molar-refractivity contribution in [3.8, 4) is 0 Å². The van der Waals surface area contributed by atoms with E-state index in [9.17, 15) is 0 Å². The molecule has 12 heavy (non-hydrogen) atoms. The van der Waals surface area contributed by atoms with Crippen molar-refractivity contribution in [1.29, 1.82) is 0 Å². The summed E-state index contributed by atoms with van der Waals surface area (Å²) in [5.41, 5.74) is 0. The van der Waals surface area contributed by atoms with E-state index in [2.05, 4.69) is 42.5 Å². The first-order valence-electron chi connectivity index (χ1n) is 3.07. The summed E-state index contributed by atoms with van der Waals surface area (Å²) < 4.78 is 0. The molecule has 0 N–H and O–H groups in total. The van der Waals surface area contributed by atoms with Gasteiger partial charge in [-0.05, 0) is 0 Å². The fourth-order valence-electron chi connectivity index (χ4n) is 1.07. The summed E-state index contributed by atoms with van der Waals surface area (Å²) in [4.78, 5) is 0. The molecule has 1 radical (unpaired) electrons. The fraction of sp³-hybridized carbons (Fsp3) is 0. The Labute approximate surface area is 118 Å². The van der Waals surface area contributed by atoms with E-state index in [1.54, 1.807) is 0 Å². The normalized spacial score (nSPS) is 7.67. The average molecular weight is 420 g/mol. The van der Waals surface area contributed by atoms with Gasteiger partial charge >= 0.3 is 18.6 Å². The first-order chi connectivity index (χ1) is 4.47. The molecule has 2 aromatic carbocycles. The summed E-state index contributed by atoms with van der Waals surface area (Å²) in [6, 6.07) is 14.7. The van der Waals surface area contributed by atoms with Crippen LogP contribution in [-0.4, -0.2) is 0 Å². The molecule has 63 valence electrons. The van der Waals surface area contributed by atoms with Crippen molar-refractivity contribution in [1.82, 2.24) is 0 Å². The van der Waals surface area contributed by atoms with E-state index in [1.165, 1.54) is 10.8 Å². The third-order valence-corrected chi connectivity index (χ3v) is 1.55. The van der Waals surface area contributed by atoms with Gasteiger partial charge in [-0.1, -0.05) is 6.07 Å². The number of hydrogen-bond acceptors (Lipinski definition) is 0. The maximum atomic E-state index is 2.12. The molecule has 0 fully saturated rings. The summed E-state index contributed by atoms with van der Waals surface area (Å²) >= 11 is 0. The zero-order valence-corrected chi connectivity index (χ0v) is 12.0. The third-order valence-electron chi connectivity index (χ3n) is 1.55. The Morgan fingerprint density at radius 2 is 1.58 bits per heavy atom. The third kappa shape index (κ3) is 3.32. The van der Waals surface area contributed by atoms with Crippen LogP contribution in [0, 0.1) is 0 Å². The van der Waals surface area contributed by atoms with Crippen molar-refractivity contribution in [2.75, 3.05) is 0 Å². The molecule has 0 unspecified atom stereocenters. The van der Waals surface area contributed by atoms with Crippen molar-refractivity contribution in [3.05, 3.63) is 42.5 Å². The number of hydrogen-bond donors (Lipinski definition) is 0. The van der Waals surface area contributed by atoms with Crippen molar-refractivity contribution >= 4 is 10.8 Å². The van der Waals surface area contributed by atoms with E-state index in [4.69, 9.17) is 0 Å². The molecule has 0 aliphatic heterocycles. The first-order valence-corrected chi connectivity index (χ1v) is 3.07. The summed E-state index contributed by atoms with van der Waals surface area (Å²) in [6.07, 6.45) is 0. The van der Waals surface area contributed by atoms with Crippen molar-refractivity contribution in [2.45, 2.75) is 0 Å². The second-order valence-electron chi connectivity index (χ2n) is 2.15. The van der Waals surface area contributed by atoms with Gasteiger partial charge in [0.2, 0.25) is 0 Å². The molecule has 0 amide bonds. The molecular formula is C9H7I2V-. The van der Waals surface area contributed by atoms with Gasteiger partial charge in [0, 0.05) is 0 Å². The Morgan fingerprint density at radius 3 is 2.25 bits per heavy atom. The standard InChI is InChI=1S/C9H7.2HI.V/c1-2-5-9-7-3-6-8(9)4-1;;;/h1-7H;2*1H;/q-1;;;+2/p-2. The molecule has 0 bridgehead atoms. The molecule has 0 nitrogen and oxygen atoms in total. The van der Waals surface area contributed by atoms with Crippen LogP contribution in [0.4, 0.5) is 0 Å². The average Bonchev–Trinajstić information content (AvgIpc) is 2.33. The molecule has 0 aromatic heterocycles. The zero-order chi connectivity index (χ0) is 6.10. The van der Waals surface area contributed by atoms with Crippen molar-refractivity contribution in [2.24, 2.45) is 0 Å². The largest absolute Gasteiger partial charge is 2.00 e. The van der Waals surface area contributed by atoms with E-state index in [0.29, 0.717) is 0 Å². The second kappa shape index (κ2) is 7.29. The summed E-state index contributed by atoms with van der Waals surface area (Å²) in [6.45, 7) is 0. The molecular weight excluding hydrogens is 413 g/mol. The van der Waals surface area contributed by atoms with Gasteiger partial charge in [-0.15, -0.1) is 29.7 Å². The Kier molecular flexibility index (Phi) is 9.33. The van der Waals surface area contributed by atoms with E-state index in [1.807, 2.05) is 0 Å². The molecule has 0 heterocycles. The van der Waals surface area contributed by atoms with Crippen LogP contribution in [-0.2, 0) is 18.6 Å². The Hall–Kier alpha value is 0.874. The van der Waals surface area contributed by atoms with Crippen LogP contribution in [0.3, 0.4) is 0 Å². The van der Waals surface area contributed by atoms with E-state index < -0.39 is 0 Å². The van der Waals surface area contributed by atoms with Crippen LogP contribution < -0.4 is 48.0 Å². The molecule has 0 atom stereocenters. The maximum Gasteiger partial charge on any atom is 2.00 e. The molecule has 2 rings (SSSR count). The van der Waals surface area contributed by atoms with Crippen LogP contribution in [0.25, 0.3) is 10.8 Å². The second-order valence-corrected chi connectivity index (χ2v) is 2.15. The van der Waals surface area contributed by atoms with Gasteiger partial charge in [-0.25, -0.2) is 0 Å². The predicted molar refractivity (Wildman–Crippen MR) is 39.5 cm³/mol. The zero-order valence-electron chi connectivity index (χ0n) is 6.24. The minimum Gasteiger partial charge on any atom is -1.00 e. The predicted octanol–water partition coefficient (Wildman–Crippen LogP) is -3.44. The van der Waals surface area contributed by atoms with E-state index >= 15 is 0 Å². The maximum absolute atomic E-state index is 2.12. The molecule has 0 aliphatic rings. The van der Waals surface area contributed by atoms with Gasteiger partial charge in [-0.2, -0.15) is 17.5 Å². The topological polar surface area (TPSA) is 0 Å². The van der Waals surface area contributed by atoms with Crippen LogP contribution in [0.2, 0.25) is 0 Å². The minimum absolute atomic E-state index is 0. The Morgan fingerprint density at radius 1 is 0.917 bits per heavy atom. The smallest absolute Gasteiger partial charge is 1.00 e. The number of fused-ring (bicyclic) bond motifs is 1. The van der Waals surface area contributed by atoms with Gasteiger partial charge in [0.05, 0.1) is 0 Å². The fourth-order valence-corrected chi connectivity index (χ4v) is 1.07. The summed E-state index contributed by atoms with van der Waals surface area (Å²) in [5, 5.41) is 2.66. The van der Waals surface area contributed by atoms with Crippen molar-refractivity contribution in [3.63, 3.8) is 0 Å². The quantitative estimate of drug-likeness (QED) is 0.308. The van der Waals surface area contributed by atoms with E-state index in [-0.39, 0.29) is 66.5 Å². The van der Waals surface area contributed by atoms with Gasteiger partial charge in [0.15, 0.2) is 0 Å². The number of benzene rings is 1. The Balaban J connectivity index is 0. The van der Waals surface area contributed by atoms with Crippen molar-refractivity contribution < 1.29 is 66.5 Å². The minimum atomic E-state index is 0. The monoisotopic (exact) mass is 420 g/mol. The van der Waals surface area contributed by atoms with Gasteiger partial charge in [0.25, 0.3) is 0 Å². The van der Waals surface area contributed by atoms with E-state index in [0.717, 1.165) is 0 Å². The number of rotatable bonds is 0. The Bertz CT molecular complexity index is 287. The van der Waals surface area contributed by atoms with Crippen LogP contribution in [0.1, 0.15) is 0 Å². The molecule has 2 aromatic rings. The van der Waals surface area contributed by atoms with Gasteiger partial charge < -0.3 is 48.0 Å². The van der Waals surface area contributed by atoms with Crippen LogP contribution >= 0.6 is 0 Å². The first kappa shape index (κ1) is 15.4. The SMILES string of the molecule is [I-].[I-].[V+2].c1ccc2[cH-]ccc2c1. The molecule has 0 saturated carbocycles. The number of halogens is 2. The van der Waals surface area contributed by atoms with Crippen LogP contribution in [0.5, 0.6) is 0 Å². The molecule has 0 saturated heterocycles.